The van der Waals surface area contributed by atoms with E-state index in [1.54, 1.807) is 7.11 Å². The van der Waals surface area contributed by atoms with Crippen LogP contribution in [-0.2, 0) is 0 Å². The van der Waals surface area contributed by atoms with Gasteiger partial charge in [-0.2, -0.15) is 11.8 Å². The predicted molar refractivity (Wildman–Crippen MR) is 90.9 cm³/mol. The first-order chi connectivity index (χ1) is 9.58. The molecule has 2 nitrogen and oxygen atoms in total. The quantitative estimate of drug-likeness (QED) is 0.728. The average Bonchev–Trinajstić information content (AvgIpc) is 2.42. The van der Waals surface area contributed by atoms with E-state index in [1.165, 1.54) is 23.3 Å². The number of methoxy groups -OCH3 is 1. The molecule has 0 saturated heterocycles. The molecule has 1 N–H and O–H groups in total. The molecule has 0 saturated carbocycles. The highest BCUT2D eigenvalue weighted by atomic mass is 32.2. The molecule has 1 unspecified atom stereocenters. The molecule has 0 aliphatic heterocycles. The summed E-state index contributed by atoms with van der Waals surface area (Å²) in [6.45, 7) is 10.0. The van der Waals surface area contributed by atoms with E-state index in [9.17, 15) is 0 Å². The first kappa shape index (κ1) is 17.4. The Balaban J connectivity index is 2.75. The zero-order valence-electron chi connectivity index (χ0n) is 13.5. The van der Waals surface area contributed by atoms with Gasteiger partial charge in [-0.05, 0) is 54.8 Å². The predicted octanol–water partition coefficient (Wildman–Crippen LogP) is 4.43. The zero-order valence-corrected chi connectivity index (χ0v) is 14.3. The molecular weight excluding hydrogens is 266 g/mol. The second-order valence-electron chi connectivity index (χ2n) is 5.66. The van der Waals surface area contributed by atoms with E-state index in [-0.39, 0.29) is 0 Å². The lowest BCUT2D eigenvalue weighted by molar-refractivity contribution is 0.414. The maximum Gasteiger partial charge on any atom is 0.119 e. The van der Waals surface area contributed by atoms with Crippen LogP contribution in [0.15, 0.2) is 18.2 Å². The minimum atomic E-state index is 0.435. The number of thioether (sulfide) groups is 1. The highest BCUT2D eigenvalue weighted by Gasteiger charge is 2.14. The van der Waals surface area contributed by atoms with Crippen LogP contribution in [0.25, 0.3) is 0 Å². The Morgan fingerprint density at radius 3 is 2.55 bits per heavy atom. The van der Waals surface area contributed by atoms with Gasteiger partial charge in [-0.1, -0.05) is 26.8 Å². The topological polar surface area (TPSA) is 21.3 Å². The third kappa shape index (κ3) is 5.76. The molecule has 0 bridgehead atoms. The summed E-state index contributed by atoms with van der Waals surface area (Å²) < 4.78 is 5.30. The second-order valence-corrected chi connectivity index (χ2v) is 6.74. The molecule has 0 heterocycles. The fraction of sp³-hybridized carbons (Fsp3) is 0.647. The van der Waals surface area contributed by atoms with Crippen molar-refractivity contribution in [3.8, 4) is 5.75 Å². The van der Waals surface area contributed by atoms with Crippen LogP contribution in [-0.4, -0.2) is 25.2 Å². The van der Waals surface area contributed by atoms with Gasteiger partial charge in [-0.25, -0.2) is 0 Å². The van der Waals surface area contributed by atoms with Crippen molar-refractivity contribution < 1.29 is 4.74 Å². The zero-order chi connectivity index (χ0) is 15.0. The van der Waals surface area contributed by atoms with E-state index in [0.29, 0.717) is 6.04 Å². The number of benzene rings is 1. The van der Waals surface area contributed by atoms with Crippen LogP contribution in [0.2, 0.25) is 0 Å². The fourth-order valence-electron chi connectivity index (χ4n) is 2.16. The Morgan fingerprint density at radius 2 is 2.00 bits per heavy atom. The molecule has 0 amide bonds. The first-order valence-corrected chi connectivity index (χ1v) is 8.69. The molecule has 0 aromatic heterocycles. The molecule has 3 heteroatoms. The van der Waals surface area contributed by atoms with Gasteiger partial charge in [0.15, 0.2) is 0 Å². The third-order valence-electron chi connectivity index (χ3n) is 3.23. The Morgan fingerprint density at radius 1 is 1.25 bits per heavy atom. The molecule has 0 aliphatic rings. The van der Waals surface area contributed by atoms with Gasteiger partial charge in [0.25, 0.3) is 0 Å². The normalized spacial score (nSPS) is 12.7. The van der Waals surface area contributed by atoms with Gasteiger partial charge in [0.1, 0.15) is 5.75 Å². The number of rotatable bonds is 9. The maximum atomic E-state index is 5.30. The third-order valence-corrected chi connectivity index (χ3v) is 4.70. The van der Waals surface area contributed by atoms with E-state index in [2.05, 4.69) is 51.2 Å². The molecule has 1 aromatic carbocycles. The van der Waals surface area contributed by atoms with Crippen molar-refractivity contribution in [2.75, 3.05) is 25.2 Å². The van der Waals surface area contributed by atoms with Crippen molar-refractivity contribution in [3.63, 3.8) is 0 Å². The molecule has 0 spiro atoms. The van der Waals surface area contributed by atoms with Crippen molar-refractivity contribution in [2.24, 2.45) is 5.92 Å². The monoisotopic (exact) mass is 295 g/mol. The summed E-state index contributed by atoms with van der Waals surface area (Å²) in [6, 6.07) is 6.83. The summed E-state index contributed by atoms with van der Waals surface area (Å²) in [5.41, 5.74) is 2.71. The molecule has 1 rings (SSSR count). The van der Waals surface area contributed by atoms with Crippen LogP contribution < -0.4 is 10.1 Å². The Kier molecular flexibility index (Phi) is 8.08. The Bertz CT molecular complexity index is 393. The minimum absolute atomic E-state index is 0.435. The van der Waals surface area contributed by atoms with Gasteiger partial charge in [0.05, 0.1) is 7.11 Å². The molecular formula is C17H29NOS. The van der Waals surface area contributed by atoms with Crippen molar-refractivity contribution in [1.82, 2.24) is 5.32 Å². The van der Waals surface area contributed by atoms with Crippen LogP contribution in [0.3, 0.4) is 0 Å². The second kappa shape index (κ2) is 9.30. The molecule has 1 atom stereocenters. The molecule has 0 aliphatic carbocycles. The van der Waals surface area contributed by atoms with Crippen molar-refractivity contribution >= 4 is 11.8 Å². The number of hydrogen-bond acceptors (Lipinski definition) is 3. The highest BCUT2D eigenvalue weighted by Crippen LogP contribution is 2.26. The van der Waals surface area contributed by atoms with E-state index >= 15 is 0 Å². The van der Waals surface area contributed by atoms with Gasteiger partial charge in [-0.15, -0.1) is 0 Å². The van der Waals surface area contributed by atoms with Gasteiger partial charge in [0, 0.05) is 11.8 Å². The lowest BCUT2D eigenvalue weighted by atomic mass is 10.0. The Labute approximate surface area is 128 Å². The van der Waals surface area contributed by atoms with E-state index < -0.39 is 0 Å². The molecule has 0 fully saturated rings. The number of aryl methyl sites for hydroxylation is 1. The number of ether oxygens (including phenoxy) is 1. The summed E-state index contributed by atoms with van der Waals surface area (Å²) in [7, 11) is 1.72. The van der Waals surface area contributed by atoms with Gasteiger partial charge >= 0.3 is 0 Å². The summed E-state index contributed by atoms with van der Waals surface area (Å²) in [4.78, 5) is 0. The number of hydrogen-bond donors (Lipinski definition) is 1. The lowest BCUT2D eigenvalue weighted by Crippen LogP contribution is -2.25. The standard InChI is InChI=1S/C17H29NOS/c1-6-9-18-17(12-20-11-13(2)3)16-8-7-15(19-5)10-14(16)4/h7-8,10,13,17-18H,6,9,11-12H2,1-5H3. The Hall–Kier alpha value is -0.670. The van der Waals surface area contributed by atoms with E-state index in [0.717, 1.165) is 24.0 Å². The van der Waals surface area contributed by atoms with Crippen molar-refractivity contribution in [2.45, 2.75) is 40.2 Å². The average molecular weight is 295 g/mol. The van der Waals surface area contributed by atoms with Gasteiger partial charge < -0.3 is 10.1 Å². The molecule has 114 valence electrons. The summed E-state index contributed by atoms with van der Waals surface area (Å²) in [6.07, 6.45) is 1.17. The SMILES string of the molecule is CCCNC(CSCC(C)C)c1ccc(OC)cc1C. The smallest absolute Gasteiger partial charge is 0.119 e. The molecule has 0 radical (unpaired) electrons. The van der Waals surface area contributed by atoms with E-state index in [1.807, 2.05) is 11.8 Å². The molecule has 20 heavy (non-hydrogen) atoms. The maximum absolute atomic E-state index is 5.30. The first-order valence-electron chi connectivity index (χ1n) is 7.54. The fourth-order valence-corrected chi connectivity index (χ4v) is 3.31. The van der Waals surface area contributed by atoms with Crippen molar-refractivity contribution in [3.05, 3.63) is 29.3 Å². The highest BCUT2D eigenvalue weighted by molar-refractivity contribution is 7.99. The van der Waals surface area contributed by atoms with Crippen LogP contribution in [0, 0.1) is 12.8 Å². The largest absolute Gasteiger partial charge is 0.497 e. The van der Waals surface area contributed by atoms with Crippen LogP contribution in [0.5, 0.6) is 5.75 Å². The summed E-state index contributed by atoms with van der Waals surface area (Å²) >= 11 is 2.04. The van der Waals surface area contributed by atoms with Crippen LogP contribution >= 0.6 is 11.8 Å². The summed E-state index contributed by atoms with van der Waals surface area (Å²) in [5, 5.41) is 3.68. The number of nitrogens with one attached hydrogen (secondary N) is 1. The minimum Gasteiger partial charge on any atom is -0.497 e. The van der Waals surface area contributed by atoms with Gasteiger partial charge in [0.2, 0.25) is 0 Å². The van der Waals surface area contributed by atoms with Crippen molar-refractivity contribution in [1.29, 1.82) is 0 Å². The van der Waals surface area contributed by atoms with Crippen LogP contribution in [0.1, 0.15) is 44.4 Å². The van der Waals surface area contributed by atoms with E-state index in [4.69, 9.17) is 4.74 Å². The lowest BCUT2D eigenvalue weighted by Gasteiger charge is -2.21. The van der Waals surface area contributed by atoms with Gasteiger partial charge in [-0.3, -0.25) is 0 Å². The summed E-state index contributed by atoms with van der Waals surface area (Å²) in [5.74, 6) is 4.05. The molecule has 1 aromatic rings. The van der Waals surface area contributed by atoms with Crippen LogP contribution in [0.4, 0.5) is 0 Å².